The van der Waals surface area contributed by atoms with Crippen LogP contribution in [0.3, 0.4) is 0 Å². The number of ether oxygens (including phenoxy) is 1. The summed E-state index contributed by atoms with van der Waals surface area (Å²) in [5.74, 6) is 0.102. The number of Topliss-reactive ketones (excluding diaryl/α,β-unsaturated/α-hetero) is 1. The van der Waals surface area contributed by atoms with Crippen LogP contribution in [0.5, 0.6) is 0 Å². The first-order valence-corrected chi connectivity index (χ1v) is 6.51. The lowest BCUT2D eigenvalue weighted by molar-refractivity contribution is 0.0455. The molecule has 1 aromatic rings. The van der Waals surface area contributed by atoms with Crippen LogP contribution >= 0.6 is 11.8 Å². The quantitative estimate of drug-likeness (QED) is 0.764. The number of hydrogen-bond donors (Lipinski definition) is 0. The Morgan fingerprint density at radius 1 is 1.41 bits per heavy atom. The molecule has 3 heteroatoms. The van der Waals surface area contributed by atoms with Crippen molar-refractivity contribution >= 4 is 23.1 Å². The highest BCUT2D eigenvalue weighted by atomic mass is 32.2. The van der Waals surface area contributed by atoms with Gasteiger partial charge >= 0.3 is 0 Å². The summed E-state index contributed by atoms with van der Waals surface area (Å²) in [5, 5.41) is 0.510. The molecule has 1 aliphatic rings. The van der Waals surface area contributed by atoms with Gasteiger partial charge in [-0.25, -0.2) is 0 Å². The summed E-state index contributed by atoms with van der Waals surface area (Å²) in [5.41, 5.74) is 2.92. The van der Waals surface area contributed by atoms with Crippen LogP contribution in [0.2, 0.25) is 0 Å². The molecule has 2 nitrogen and oxygen atoms in total. The lowest BCUT2D eigenvalue weighted by Crippen LogP contribution is -2.30. The highest BCUT2D eigenvalue weighted by Crippen LogP contribution is 2.34. The largest absolute Gasteiger partial charge is 0.379 e. The topological polar surface area (TPSA) is 26.3 Å². The van der Waals surface area contributed by atoms with Gasteiger partial charge in [0.1, 0.15) is 0 Å². The van der Waals surface area contributed by atoms with E-state index < -0.39 is 0 Å². The molecular formula is C14H16O2S. The predicted octanol–water partition coefficient (Wildman–Crippen LogP) is 3.41. The molecule has 1 aliphatic heterocycles. The fraction of sp³-hybridized carbons (Fsp3) is 0.357. The number of ketones is 1. The van der Waals surface area contributed by atoms with Crippen LogP contribution in [-0.4, -0.2) is 24.2 Å². The van der Waals surface area contributed by atoms with Gasteiger partial charge in [-0.2, -0.15) is 0 Å². The van der Waals surface area contributed by atoms with Crippen LogP contribution in [0.25, 0.3) is 5.57 Å². The van der Waals surface area contributed by atoms with Crippen LogP contribution in [0.15, 0.2) is 29.7 Å². The van der Waals surface area contributed by atoms with E-state index in [1.165, 1.54) is 0 Å². The summed E-state index contributed by atoms with van der Waals surface area (Å²) in [6.45, 7) is 9.16. The minimum Gasteiger partial charge on any atom is -0.379 e. The molecule has 0 saturated carbocycles. The Balaban J connectivity index is 2.32. The second kappa shape index (κ2) is 5.07. The Morgan fingerprint density at radius 3 is 2.59 bits per heavy atom. The monoisotopic (exact) mass is 248 g/mol. The molecule has 2 rings (SSSR count). The number of thioether (sulfide) groups is 1. The van der Waals surface area contributed by atoms with E-state index in [9.17, 15) is 4.79 Å². The maximum atomic E-state index is 11.4. The molecule has 1 saturated heterocycles. The molecule has 1 heterocycles. The number of carbonyl (C=O) groups is 1. The Hall–Kier alpha value is -1.06. The standard InChI is InChI=1S/C14H16O2S/c1-9(2)13-5-4-11(10(3)15)6-14(13)17-12-7-16-8-12/h4-6,12H,1,7-8H2,2-3H3. The van der Waals surface area contributed by atoms with Crippen molar-refractivity contribution in [3.8, 4) is 0 Å². The van der Waals surface area contributed by atoms with Crippen molar-refractivity contribution in [2.75, 3.05) is 13.2 Å². The summed E-state index contributed by atoms with van der Waals surface area (Å²) in [6, 6.07) is 5.82. The SMILES string of the molecule is C=C(C)c1ccc(C(C)=O)cc1SC1COC1. The van der Waals surface area contributed by atoms with Crippen LogP contribution in [-0.2, 0) is 4.74 Å². The molecule has 1 fully saturated rings. The van der Waals surface area contributed by atoms with E-state index >= 15 is 0 Å². The maximum absolute atomic E-state index is 11.4. The average molecular weight is 248 g/mol. The molecule has 0 aliphatic carbocycles. The van der Waals surface area contributed by atoms with Crippen molar-refractivity contribution in [2.24, 2.45) is 0 Å². The minimum absolute atomic E-state index is 0.102. The summed E-state index contributed by atoms with van der Waals surface area (Å²) in [4.78, 5) is 12.5. The van der Waals surface area contributed by atoms with Crippen LogP contribution in [0, 0.1) is 0 Å². The third-order valence-corrected chi connectivity index (χ3v) is 3.95. The van der Waals surface area contributed by atoms with Crippen molar-refractivity contribution in [1.29, 1.82) is 0 Å². The third kappa shape index (κ3) is 2.79. The van der Waals surface area contributed by atoms with E-state index in [1.54, 1.807) is 18.7 Å². The number of allylic oxidation sites excluding steroid dienone is 1. The van der Waals surface area contributed by atoms with Gasteiger partial charge in [-0.05, 0) is 31.1 Å². The van der Waals surface area contributed by atoms with Crippen molar-refractivity contribution < 1.29 is 9.53 Å². The van der Waals surface area contributed by atoms with E-state index in [4.69, 9.17) is 4.74 Å². The Morgan fingerprint density at radius 2 is 2.12 bits per heavy atom. The lowest BCUT2D eigenvalue weighted by Gasteiger charge is -2.26. The summed E-state index contributed by atoms with van der Waals surface area (Å²) in [6.07, 6.45) is 0. The molecule has 1 aromatic carbocycles. The smallest absolute Gasteiger partial charge is 0.159 e. The Labute approximate surface area is 106 Å². The second-order valence-corrected chi connectivity index (χ2v) is 5.67. The van der Waals surface area contributed by atoms with Crippen LogP contribution in [0.1, 0.15) is 29.8 Å². The molecule has 0 N–H and O–H groups in total. The molecule has 0 amide bonds. The van der Waals surface area contributed by atoms with Gasteiger partial charge in [-0.3, -0.25) is 4.79 Å². The van der Waals surface area contributed by atoms with Crippen molar-refractivity contribution in [2.45, 2.75) is 24.0 Å². The van der Waals surface area contributed by atoms with E-state index in [0.717, 1.165) is 34.8 Å². The first-order chi connectivity index (χ1) is 8.08. The zero-order valence-electron chi connectivity index (χ0n) is 10.2. The Kier molecular flexibility index (Phi) is 3.69. The van der Waals surface area contributed by atoms with E-state index in [0.29, 0.717) is 5.25 Å². The summed E-state index contributed by atoms with van der Waals surface area (Å²) >= 11 is 1.78. The number of carbonyl (C=O) groups excluding carboxylic acids is 1. The molecular weight excluding hydrogens is 232 g/mol. The molecule has 0 spiro atoms. The van der Waals surface area contributed by atoms with Gasteiger partial charge in [0.15, 0.2) is 5.78 Å². The molecule has 0 bridgehead atoms. The number of benzene rings is 1. The van der Waals surface area contributed by atoms with E-state index in [-0.39, 0.29) is 5.78 Å². The average Bonchev–Trinajstić information content (AvgIpc) is 2.22. The van der Waals surface area contributed by atoms with Gasteiger partial charge in [0.2, 0.25) is 0 Å². The highest BCUT2D eigenvalue weighted by Gasteiger charge is 2.21. The summed E-state index contributed by atoms with van der Waals surface area (Å²) in [7, 11) is 0. The zero-order valence-corrected chi connectivity index (χ0v) is 11.0. The van der Waals surface area contributed by atoms with Crippen LogP contribution < -0.4 is 0 Å². The second-order valence-electron chi connectivity index (χ2n) is 4.32. The van der Waals surface area contributed by atoms with Crippen molar-refractivity contribution in [1.82, 2.24) is 0 Å². The van der Waals surface area contributed by atoms with Crippen LogP contribution in [0.4, 0.5) is 0 Å². The van der Waals surface area contributed by atoms with Crippen molar-refractivity contribution in [3.63, 3.8) is 0 Å². The molecule has 0 atom stereocenters. The predicted molar refractivity (Wildman–Crippen MR) is 71.6 cm³/mol. The van der Waals surface area contributed by atoms with Gasteiger partial charge in [-0.15, -0.1) is 11.8 Å². The van der Waals surface area contributed by atoms with Gasteiger partial charge in [-0.1, -0.05) is 18.7 Å². The molecule has 90 valence electrons. The maximum Gasteiger partial charge on any atom is 0.159 e. The molecule has 0 unspecified atom stereocenters. The van der Waals surface area contributed by atoms with E-state index in [1.807, 2.05) is 25.1 Å². The fourth-order valence-corrected chi connectivity index (χ4v) is 2.90. The van der Waals surface area contributed by atoms with Gasteiger partial charge < -0.3 is 4.74 Å². The normalized spacial score (nSPS) is 15.4. The lowest BCUT2D eigenvalue weighted by atomic mass is 10.0. The number of hydrogen-bond acceptors (Lipinski definition) is 3. The van der Waals surface area contributed by atoms with Gasteiger partial charge in [0.25, 0.3) is 0 Å². The Bertz CT molecular complexity index is 461. The van der Waals surface area contributed by atoms with Gasteiger partial charge in [0.05, 0.1) is 18.5 Å². The minimum atomic E-state index is 0.102. The first kappa shape index (κ1) is 12.4. The summed E-state index contributed by atoms with van der Waals surface area (Å²) < 4.78 is 5.17. The first-order valence-electron chi connectivity index (χ1n) is 5.63. The third-order valence-electron chi connectivity index (χ3n) is 2.75. The highest BCUT2D eigenvalue weighted by molar-refractivity contribution is 8.00. The fourth-order valence-electron chi connectivity index (χ4n) is 1.65. The molecule has 0 aromatic heterocycles. The van der Waals surface area contributed by atoms with Crippen molar-refractivity contribution in [3.05, 3.63) is 35.9 Å². The molecule has 0 radical (unpaired) electrons. The van der Waals surface area contributed by atoms with E-state index in [2.05, 4.69) is 6.58 Å². The number of rotatable bonds is 4. The zero-order chi connectivity index (χ0) is 12.4. The molecule has 17 heavy (non-hydrogen) atoms. The van der Waals surface area contributed by atoms with Gasteiger partial charge in [0, 0.05) is 10.5 Å².